The summed E-state index contributed by atoms with van der Waals surface area (Å²) in [4.78, 5) is 0. The Bertz CT molecular complexity index is 189. The summed E-state index contributed by atoms with van der Waals surface area (Å²) in [5.74, 6) is 0.170. The summed E-state index contributed by atoms with van der Waals surface area (Å²) in [7, 11) is 0. The molecule has 0 bridgehead atoms. The van der Waals surface area contributed by atoms with Crippen LogP contribution < -0.4 is 5.73 Å². The van der Waals surface area contributed by atoms with Crippen molar-refractivity contribution in [3.63, 3.8) is 0 Å². The van der Waals surface area contributed by atoms with Crippen LogP contribution in [0.5, 0.6) is 0 Å². The van der Waals surface area contributed by atoms with E-state index in [1.165, 1.54) is 12.8 Å². The van der Waals surface area contributed by atoms with E-state index in [1.807, 2.05) is 6.21 Å². The predicted octanol–water partition coefficient (Wildman–Crippen LogP) is -0.266. The number of rotatable bonds is 2. The third kappa shape index (κ3) is 1.59. The first-order valence-electron chi connectivity index (χ1n) is 4.50. The van der Waals surface area contributed by atoms with E-state index >= 15 is 0 Å². The zero-order chi connectivity index (χ0) is 8.55. The minimum atomic E-state index is -0.696. The van der Waals surface area contributed by atoms with Crippen molar-refractivity contribution in [2.45, 2.75) is 31.5 Å². The maximum Gasteiger partial charge on any atom is 0.107 e. The third-order valence-corrected chi connectivity index (χ3v) is 2.51. The molecule has 12 heavy (non-hydrogen) atoms. The van der Waals surface area contributed by atoms with Gasteiger partial charge in [-0.3, -0.25) is 5.01 Å². The number of nitrogens with two attached hydrogens (primary N) is 1. The van der Waals surface area contributed by atoms with Crippen LogP contribution in [0.1, 0.15) is 19.3 Å². The average molecular weight is 169 g/mol. The highest BCUT2D eigenvalue weighted by molar-refractivity contribution is 5.58. The Hall–Kier alpha value is -0.610. The quantitative estimate of drug-likeness (QED) is 0.559. The molecule has 2 atom stereocenters. The summed E-state index contributed by atoms with van der Waals surface area (Å²) >= 11 is 0. The summed E-state index contributed by atoms with van der Waals surface area (Å²) in [6.45, 7) is 0.818. The van der Waals surface area contributed by atoms with E-state index in [0.29, 0.717) is 6.04 Å². The topological polar surface area (TPSA) is 61.9 Å². The van der Waals surface area contributed by atoms with Gasteiger partial charge in [0.25, 0.3) is 0 Å². The van der Waals surface area contributed by atoms with Crippen LogP contribution in [-0.2, 0) is 0 Å². The maximum atomic E-state index is 9.19. The van der Waals surface area contributed by atoms with E-state index in [1.54, 1.807) is 0 Å². The predicted molar refractivity (Wildman–Crippen MR) is 46.5 cm³/mol. The van der Waals surface area contributed by atoms with E-state index in [2.05, 4.69) is 10.1 Å². The van der Waals surface area contributed by atoms with Gasteiger partial charge in [-0.2, -0.15) is 5.10 Å². The van der Waals surface area contributed by atoms with Gasteiger partial charge in [0.05, 0.1) is 0 Å². The fraction of sp³-hybridized carbons (Fsp3) is 0.875. The normalized spacial score (nSPS) is 32.2. The summed E-state index contributed by atoms with van der Waals surface area (Å²) in [5, 5.41) is 15.5. The second-order valence-corrected chi connectivity index (χ2v) is 3.64. The van der Waals surface area contributed by atoms with E-state index in [-0.39, 0.29) is 5.92 Å². The number of hydrogen-bond donors (Lipinski definition) is 2. The number of nitrogens with zero attached hydrogens (tertiary/aromatic N) is 2. The summed E-state index contributed by atoms with van der Waals surface area (Å²) < 4.78 is 0. The molecule has 1 saturated carbocycles. The third-order valence-electron chi connectivity index (χ3n) is 2.51. The molecular formula is C8H15N3O. The summed E-state index contributed by atoms with van der Waals surface area (Å²) in [6, 6.07) is 0.628. The molecular weight excluding hydrogens is 154 g/mol. The first kappa shape index (κ1) is 8.01. The van der Waals surface area contributed by atoms with Crippen molar-refractivity contribution < 1.29 is 5.11 Å². The van der Waals surface area contributed by atoms with Crippen LogP contribution in [0.15, 0.2) is 5.10 Å². The Morgan fingerprint density at radius 2 is 2.33 bits per heavy atom. The van der Waals surface area contributed by atoms with E-state index in [9.17, 15) is 5.11 Å². The first-order valence-corrected chi connectivity index (χ1v) is 4.50. The van der Waals surface area contributed by atoms with Gasteiger partial charge in [0, 0.05) is 24.7 Å². The van der Waals surface area contributed by atoms with Crippen molar-refractivity contribution in [1.29, 1.82) is 0 Å². The lowest BCUT2D eigenvalue weighted by Gasteiger charge is -2.29. The fourth-order valence-electron chi connectivity index (χ4n) is 1.51. The van der Waals surface area contributed by atoms with Crippen molar-refractivity contribution >= 4 is 6.21 Å². The van der Waals surface area contributed by atoms with Gasteiger partial charge in [-0.1, -0.05) is 0 Å². The smallest absolute Gasteiger partial charge is 0.107 e. The Labute approximate surface area is 72.0 Å². The number of hydrazone groups is 1. The highest BCUT2D eigenvalue weighted by Gasteiger charge is 2.32. The van der Waals surface area contributed by atoms with Gasteiger partial charge in [-0.15, -0.1) is 0 Å². The minimum Gasteiger partial charge on any atom is -0.378 e. The van der Waals surface area contributed by atoms with Crippen LogP contribution in [0, 0.1) is 5.92 Å². The number of hydrogen-bond acceptors (Lipinski definition) is 4. The lowest BCUT2D eigenvalue weighted by molar-refractivity contribution is 0.0796. The highest BCUT2D eigenvalue weighted by atomic mass is 16.3. The molecule has 1 fully saturated rings. The van der Waals surface area contributed by atoms with Gasteiger partial charge in [0.15, 0.2) is 0 Å². The molecule has 4 nitrogen and oxygen atoms in total. The van der Waals surface area contributed by atoms with Crippen molar-refractivity contribution in [1.82, 2.24) is 5.01 Å². The van der Waals surface area contributed by atoms with Gasteiger partial charge < -0.3 is 10.8 Å². The molecule has 1 heterocycles. The molecule has 2 aliphatic rings. The first-order chi connectivity index (χ1) is 5.77. The molecule has 0 aromatic heterocycles. The van der Waals surface area contributed by atoms with Crippen LogP contribution in [-0.4, -0.2) is 35.1 Å². The molecule has 3 N–H and O–H groups in total. The monoisotopic (exact) mass is 169 g/mol. The second kappa shape index (κ2) is 3.03. The van der Waals surface area contributed by atoms with Crippen LogP contribution in [0.3, 0.4) is 0 Å². The van der Waals surface area contributed by atoms with Crippen molar-refractivity contribution in [3.8, 4) is 0 Å². The van der Waals surface area contributed by atoms with Crippen LogP contribution in [0.2, 0.25) is 0 Å². The molecule has 2 unspecified atom stereocenters. The molecule has 0 radical (unpaired) electrons. The number of aliphatic hydroxyl groups is 1. The standard InChI is InChI=1S/C8H15N3O/c9-8(12)6-3-4-10-11(5-6)7-1-2-7/h4,6-8,12H,1-3,5,9H2. The maximum absolute atomic E-state index is 9.19. The molecule has 2 rings (SSSR count). The molecule has 0 aromatic carbocycles. The summed E-state index contributed by atoms with van der Waals surface area (Å²) in [6.07, 6.45) is 4.46. The van der Waals surface area contributed by atoms with Gasteiger partial charge >= 0.3 is 0 Å². The SMILES string of the molecule is NC(O)C1CC=NN(C2CC2)C1. The Morgan fingerprint density at radius 3 is 2.92 bits per heavy atom. The zero-order valence-corrected chi connectivity index (χ0v) is 7.06. The number of aliphatic hydroxyl groups excluding tert-OH is 1. The van der Waals surface area contributed by atoms with E-state index < -0.39 is 6.23 Å². The summed E-state index contributed by atoms with van der Waals surface area (Å²) in [5.41, 5.74) is 5.42. The molecule has 4 heteroatoms. The Balaban J connectivity index is 1.93. The van der Waals surface area contributed by atoms with Gasteiger partial charge in [0.1, 0.15) is 6.23 Å². The average Bonchev–Trinajstić information content (AvgIpc) is 2.87. The van der Waals surface area contributed by atoms with E-state index in [0.717, 1.165) is 13.0 Å². The largest absolute Gasteiger partial charge is 0.378 e. The highest BCUT2D eigenvalue weighted by Crippen LogP contribution is 2.29. The molecule has 68 valence electrons. The Morgan fingerprint density at radius 1 is 1.58 bits per heavy atom. The van der Waals surface area contributed by atoms with Gasteiger partial charge in [-0.05, 0) is 19.3 Å². The van der Waals surface area contributed by atoms with Crippen LogP contribution >= 0.6 is 0 Å². The van der Waals surface area contributed by atoms with Gasteiger partial charge in [-0.25, -0.2) is 0 Å². The van der Waals surface area contributed by atoms with Gasteiger partial charge in [0.2, 0.25) is 0 Å². The molecule has 1 aliphatic carbocycles. The second-order valence-electron chi connectivity index (χ2n) is 3.64. The van der Waals surface area contributed by atoms with Crippen molar-refractivity contribution in [2.75, 3.05) is 6.54 Å². The molecule has 0 saturated heterocycles. The molecule has 1 aliphatic heterocycles. The minimum absolute atomic E-state index is 0.170. The van der Waals surface area contributed by atoms with Crippen molar-refractivity contribution in [3.05, 3.63) is 0 Å². The molecule has 0 amide bonds. The van der Waals surface area contributed by atoms with Crippen LogP contribution in [0.25, 0.3) is 0 Å². The van der Waals surface area contributed by atoms with Crippen LogP contribution in [0.4, 0.5) is 0 Å². The fourth-order valence-corrected chi connectivity index (χ4v) is 1.51. The Kier molecular flexibility index (Phi) is 2.02. The molecule has 0 spiro atoms. The lowest BCUT2D eigenvalue weighted by Crippen LogP contribution is -2.40. The zero-order valence-electron chi connectivity index (χ0n) is 7.06. The van der Waals surface area contributed by atoms with E-state index in [4.69, 9.17) is 5.73 Å². The lowest BCUT2D eigenvalue weighted by atomic mass is 10.0. The molecule has 0 aromatic rings. The van der Waals surface area contributed by atoms with Crippen molar-refractivity contribution in [2.24, 2.45) is 16.8 Å².